The summed E-state index contributed by atoms with van der Waals surface area (Å²) < 4.78 is 11.1. The van der Waals surface area contributed by atoms with Crippen molar-refractivity contribution in [3.05, 3.63) is 39.8 Å². The third-order valence-electron chi connectivity index (χ3n) is 2.86. The van der Waals surface area contributed by atoms with E-state index in [2.05, 4.69) is 4.98 Å². The topological polar surface area (TPSA) is 57.4 Å². The number of aryl methyl sites for hydroxylation is 1. The second kappa shape index (κ2) is 6.72. The molecule has 1 aromatic carbocycles. The molecular weight excluding hydrogens is 272 g/mol. The van der Waals surface area contributed by atoms with Gasteiger partial charge in [-0.25, -0.2) is 4.98 Å². The molecule has 0 saturated heterocycles. The second-order valence-electron chi connectivity index (χ2n) is 4.80. The van der Waals surface area contributed by atoms with Crippen LogP contribution >= 0.6 is 11.3 Å². The van der Waals surface area contributed by atoms with Crippen LogP contribution in [0.15, 0.2) is 23.6 Å². The van der Waals surface area contributed by atoms with Gasteiger partial charge in [0, 0.05) is 17.5 Å². The average molecular weight is 292 g/mol. The van der Waals surface area contributed by atoms with Crippen molar-refractivity contribution in [2.45, 2.75) is 32.9 Å². The molecule has 0 fully saturated rings. The summed E-state index contributed by atoms with van der Waals surface area (Å²) in [6.45, 7) is 4.43. The molecule has 0 spiro atoms. The Labute approximate surface area is 123 Å². The van der Waals surface area contributed by atoms with E-state index in [1.54, 1.807) is 18.4 Å². The van der Waals surface area contributed by atoms with Gasteiger partial charge in [0.05, 0.1) is 17.8 Å². The van der Waals surface area contributed by atoms with Crippen molar-refractivity contribution in [1.29, 1.82) is 0 Å². The lowest BCUT2D eigenvalue weighted by Gasteiger charge is -2.14. The zero-order valence-corrected chi connectivity index (χ0v) is 12.9. The predicted octanol–water partition coefficient (Wildman–Crippen LogP) is 2.93. The van der Waals surface area contributed by atoms with Crippen molar-refractivity contribution in [2.24, 2.45) is 5.73 Å². The van der Waals surface area contributed by atoms with Crippen LogP contribution in [0.2, 0.25) is 0 Å². The minimum atomic E-state index is 0.0901. The van der Waals surface area contributed by atoms with E-state index in [0.29, 0.717) is 6.61 Å². The molecule has 0 bridgehead atoms. The van der Waals surface area contributed by atoms with Crippen LogP contribution in [-0.2, 0) is 13.0 Å². The Balaban J connectivity index is 2.14. The highest BCUT2D eigenvalue weighted by molar-refractivity contribution is 7.09. The number of ether oxygens (including phenoxy) is 2. The standard InChI is InChI=1S/C15H20N2O2S/c1-10(16)6-12-4-5-14(18-3)7-15(12)19-8-13-9-20-11(2)17-13/h4-5,7,9-10H,6,8,16H2,1-3H3. The van der Waals surface area contributed by atoms with Crippen LogP contribution in [0.5, 0.6) is 11.5 Å². The number of methoxy groups -OCH3 is 1. The molecule has 1 heterocycles. The first kappa shape index (κ1) is 14.8. The Hall–Kier alpha value is -1.59. The molecule has 1 unspecified atom stereocenters. The van der Waals surface area contributed by atoms with E-state index in [0.717, 1.165) is 34.2 Å². The van der Waals surface area contributed by atoms with Gasteiger partial charge in [0.15, 0.2) is 0 Å². The van der Waals surface area contributed by atoms with Gasteiger partial charge in [-0.1, -0.05) is 6.07 Å². The smallest absolute Gasteiger partial charge is 0.131 e. The van der Waals surface area contributed by atoms with Crippen molar-refractivity contribution >= 4 is 11.3 Å². The highest BCUT2D eigenvalue weighted by Crippen LogP contribution is 2.26. The SMILES string of the molecule is COc1ccc(CC(C)N)c(OCc2csc(C)n2)c1. The molecule has 0 aliphatic rings. The molecule has 0 aliphatic carbocycles. The largest absolute Gasteiger partial charge is 0.497 e. The van der Waals surface area contributed by atoms with Gasteiger partial charge in [-0.05, 0) is 31.9 Å². The Morgan fingerprint density at radius 2 is 2.20 bits per heavy atom. The molecule has 0 radical (unpaired) electrons. The minimum Gasteiger partial charge on any atom is -0.497 e. The summed E-state index contributed by atoms with van der Waals surface area (Å²) in [6.07, 6.45) is 0.773. The Kier molecular flexibility index (Phi) is 4.98. The van der Waals surface area contributed by atoms with Gasteiger partial charge in [0.1, 0.15) is 18.1 Å². The fourth-order valence-electron chi connectivity index (χ4n) is 1.94. The molecule has 0 saturated carbocycles. The number of hydrogen-bond acceptors (Lipinski definition) is 5. The van der Waals surface area contributed by atoms with Crippen LogP contribution in [0.1, 0.15) is 23.2 Å². The highest BCUT2D eigenvalue weighted by atomic mass is 32.1. The lowest BCUT2D eigenvalue weighted by Crippen LogP contribution is -2.18. The molecule has 5 heteroatoms. The van der Waals surface area contributed by atoms with Crippen LogP contribution in [0.3, 0.4) is 0 Å². The molecule has 0 amide bonds. The van der Waals surface area contributed by atoms with Gasteiger partial charge in [0.25, 0.3) is 0 Å². The summed E-state index contributed by atoms with van der Waals surface area (Å²) >= 11 is 1.63. The van der Waals surface area contributed by atoms with E-state index in [9.17, 15) is 0 Å². The third kappa shape index (κ3) is 3.95. The first-order chi connectivity index (χ1) is 9.58. The third-order valence-corrected chi connectivity index (χ3v) is 3.68. The van der Waals surface area contributed by atoms with Gasteiger partial charge < -0.3 is 15.2 Å². The van der Waals surface area contributed by atoms with Crippen LogP contribution < -0.4 is 15.2 Å². The molecule has 2 N–H and O–H groups in total. The van der Waals surface area contributed by atoms with Gasteiger partial charge in [-0.15, -0.1) is 11.3 Å². The first-order valence-corrected chi connectivity index (χ1v) is 7.42. The molecule has 4 nitrogen and oxygen atoms in total. The van der Waals surface area contributed by atoms with Crippen LogP contribution in [0, 0.1) is 6.92 Å². The summed E-state index contributed by atoms with van der Waals surface area (Å²) in [5.41, 5.74) is 7.91. The molecule has 20 heavy (non-hydrogen) atoms. The lowest BCUT2D eigenvalue weighted by atomic mass is 10.1. The Morgan fingerprint density at radius 3 is 2.80 bits per heavy atom. The van der Waals surface area contributed by atoms with Crippen molar-refractivity contribution in [3.8, 4) is 11.5 Å². The zero-order valence-electron chi connectivity index (χ0n) is 12.1. The summed E-state index contributed by atoms with van der Waals surface area (Å²) in [5, 5.41) is 3.06. The molecule has 2 rings (SSSR count). The fourth-order valence-corrected chi connectivity index (χ4v) is 2.54. The number of hydrogen-bond donors (Lipinski definition) is 1. The number of nitrogens with zero attached hydrogens (tertiary/aromatic N) is 1. The molecule has 1 atom stereocenters. The molecule has 0 aliphatic heterocycles. The van der Waals surface area contributed by atoms with Crippen LogP contribution in [-0.4, -0.2) is 18.1 Å². The maximum atomic E-state index is 5.89. The molecule has 2 aromatic rings. The maximum Gasteiger partial charge on any atom is 0.131 e. The van der Waals surface area contributed by atoms with Crippen molar-refractivity contribution < 1.29 is 9.47 Å². The fraction of sp³-hybridized carbons (Fsp3) is 0.400. The van der Waals surface area contributed by atoms with Crippen molar-refractivity contribution in [3.63, 3.8) is 0 Å². The Bertz CT molecular complexity index is 567. The summed E-state index contributed by atoms with van der Waals surface area (Å²) in [7, 11) is 1.65. The summed E-state index contributed by atoms with van der Waals surface area (Å²) in [6, 6.07) is 5.92. The zero-order chi connectivity index (χ0) is 14.5. The number of nitrogens with two attached hydrogens (primary N) is 1. The van der Waals surface area contributed by atoms with Crippen molar-refractivity contribution in [2.75, 3.05) is 7.11 Å². The summed E-state index contributed by atoms with van der Waals surface area (Å²) in [4.78, 5) is 4.40. The van der Waals surface area contributed by atoms with Crippen LogP contribution in [0.25, 0.3) is 0 Å². The van der Waals surface area contributed by atoms with E-state index < -0.39 is 0 Å². The van der Waals surface area contributed by atoms with Gasteiger partial charge in [-0.2, -0.15) is 0 Å². The average Bonchev–Trinajstić information content (AvgIpc) is 2.83. The van der Waals surface area contributed by atoms with Gasteiger partial charge in [-0.3, -0.25) is 0 Å². The molecule has 1 aromatic heterocycles. The maximum absolute atomic E-state index is 5.89. The summed E-state index contributed by atoms with van der Waals surface area (Å²) in [5.74, 6) is 1.59. The van der Waals surface area contributed by atoms with E-state index in [4.69, 9.17) is 15.2 Å². The number of rotatable bonds is 6. The van der Waals surface area contributed by atoms with E-state index in [1.165, 1.54) is 0 Å². The van der Waals surface area contributed by atoms with Crippen LogP contribution in [0.4, 0.5) is 0 Å². The second-order valence-corrected chi connectivity index (χ2v) is 5.86. The molecular formula is C15H20N2O2S. The van der Waals surface area contributed by atoms with E-state index in [1.807, 2.05) is 37.4 Å². The molecule has 108 valence electrons. The normalized spacial score (nSPS) is 12.2. The van der Waals surface area contributed by atoms with Gasteiger partial charge in [0.2, 0.25) is 0 Å². The highest BCUT2D eigenvalue weighted by Gasteiger charge is 2.09. The number of aromatic nitrogens is 1. The monoisotopic (exact) mass is 292 g/mol. The van der Waals surface area contributed by atoms with Crippen molar-refractivity contribution in [1.82, 2.24) is 4.98 Å². The number of benzene rings is 1. The van der Waals surface area contributed by atoms with E-state index >= 15 is 0 Å². The quantitative estimate of drug-likeness (QED) is 0.889. The number of thiazole rings is 1. The predicted molar refractivity (Wildman–Crippen MR) is 81.5 cm³/mol. The minimum absolute atomic E-state index is 0.0901. The van der Waals surface area contributed by atoms with E-state index in [-0.39, 0.29) is 6.04 Å². The van der Waals surface area contributed by atoms with Gasteiger partial charge >= 0.3 is 0 Å². The Morgan fingerprint density at radius 1 is 1.40 bits per heavy atom. The first-order valence-electron chi connectivity index (χ1n) is 6.54. The lowest BCUT2D eigenvalue weighted by molar-refractivity contribution is 0.296.